The van der Waals surface area contributed by atoms with Crippen molar-refractivity contribution in [1.82, 2.24) is 0 Å². The molecule has 0 heteroatoms. The van der Waals surface area contributed by atoms with Gasteiger partial charge in [0.1, 0.15) is 0 Å². The maximum absolute atomic E-state index is 3.48. The van der Waals surface area contributed by atoms with Crippen molar-refractivity contribution in [3.05, 3.63) is 38.0 Å². The van der Waals surface area contributed by atoms with Crippen LogP contribution in [-0.2, 0) is 0 Å². The zero-order chi connectivity index (χ0) is 14.8. The topological polar surface area (TPSA) is 0 Å². The number of allylic oxidation sites excluding steroid dienone is 3. The number of hydrogen-bond donors (Lipinski definition) is 0. The van der Waals surface area contributed by atoms with E-state index in [0.29, 0.717) is 0 Å². The Balaban J connectivity index is -0.0000000193. The first-order valence-corrected chi connectivity index (χ1v) is 6.49. The molecule has 0 radical (unpaired) electrons. The molecule has 0 aromatic carbocycles. The number of rotatable bonds is 1. The molecule has 0 saturated heterocycles. The van der Waals surface area contributed by atoms with Crippen LogP contribution in [0.5, 0.6) is 0 Å². The normalized spacial score (nSPS) is 4.31. The van der Waals surface area contributed by atoms with Gasteiger partial charge in [-0.1, -0.05) is 66.7 Å². The Kier molecular flexibility index (Phi) is 542. The molecule has 0 aliphatic rings. The zero-order valence-corrected chi connectivity index (χ0v) is 13.6. The Morgan fingerprint density at radius 1 is 0.688 bits per heavy atom. The highest BCUT2D eigenvalue weighted by atomic mass is 13.5. The van der Waals surface area contributed by atoms with Crippen molar-refractivity contribution in [2.24, 2.45) is 0 Å². The van der Waals surface area contributed by atoms with Crippen LogP contribution in [-0.4, -0.2) is 0 Å². The molecule has 0 fully saturated rings. The largest absolute Gasteiger partial charge is 0.103 e. The van der Waals surface area contributed by atoms with E-state index in [1.807, 2.05) is 61.5 Å². The molecule has 0 atom stereocenters. The van der Waals surface area contributed by atoms with Crippen LogP contribution in [0.3, 0.4) is 0 Å². The summed E-state index contributed by atoms with van der Waals surface area (Å²) in [6.45, 7) is 28.0. The van der Waals surface area contributed by atoms with Gasteiger partial charge in [0.15, 0.2) is 0 Å². The first kappa shape index (κ1) is 36.2. The van der Waals surface area contributed by atoms with Gasteiger partial charge < -0.3 is 0 Å². The van der Waals surface area contributed by atoms with Crippen LogP contribution in [0.2, 0.25) is 0 Å². The molecule has 0 aliphatic carbocycles. The van der Waals surface area contributed by atoms with Crippen molar-refractivity contribution < 1.29 is 0 Å². The van der Waals surface area contributed by atoms with Gasteiger partial charge in [-0.15, -0.1) is 19.7 Å². The Labute approximate surface area is 107 Å². The molecule has 0 rings (SSSR count). The second kappa shape index (κ2) is 240. The van der Waals surface area contributed by atoms with Gasteiger partial charge in [0.2, 0.25) is 0 Å². The Morgan fingerprint density at radius 3 is 0.750 bits per heavy atom. The third-order valence-corrected chi connectivity index (χ3v) is 0.289. The molecule has 0 unspecified atom stereocenters. The van der Waals surface area contributed by atoms with Gasteiger partial charge >= 0.3 is 0 Å². The predicted molar refractivity (Wildman–Crippen MR) is 86.3 cm³/mol. The molecular formula is C16H38. The van der Waals surface area contributed by atoms with E-state index in [4.69, 9.17) is 0 Å². The van der Waals surface area contributed by atoms with Gasteiger partial charge in [0.25, 0.3) is 0 Å². The predicted octanol–water partition coefficient (Wildman–Crippen LogP) is 7.05. The van der Waals surface area contributed by atoms with Gasteiger partial charge in [-0.05, 0) is 20.3 Å². The maximum atomic E-state index is 3.48. The minimum atomic E-state index is 1.08. The summed E-state index contributed by atoms with van der Waals surface area (Å²) in [5.74, 6) is 0. The van der Waals surface area contributed by atoms with Gasteiger partial charge in [-0.2, -0.15) is 0 Å². The lowest BCUT2D eigenvalue weighted by molar-refractivity contribution is 1.23. The fraction of sp³-hybridized carbons (Fsp3) is 0.625. The first-order chi connectivity index (χ1) is 7.74. The standard InChI is InChI=1S/C4H8.2C3H6.3C2H6/c1-3-4-2;2*1-3-2;3*1-2/h3H,1,4H2,2H3;2*3H,1H2,2H3;3*1-2H3. The summed E-state index contributed by atoms with van der Waals surface area (Å²) >= 11 is 0. The van der Waals surface area contributed by atoms with Crippen molar-refractivity contribution in [2.45, 2.75) is 68.7 Å². The fourth-order valence-electron chi connectivity index (χ4n) is 0. The molecule has 0 spiro atoms. The summed E-state index contributed by atoms with van der Waals surface area (Å²) < 4.78 is 0. The van der Waals surface area contributed by atoms with Gasteiger partial charge in [-0.3, -0.25) is 0 Å². The van der Waals surface area contributed by atoms with Crippen LogP contribution in [0, 0.1) is 0 Å². The van der Waals surface area contributed by atoms with E-state index in [2.05, 4.69) is 26.7 Å². The third kappa shape index (κ3) is 40800. The van der Waals surface area contributed by atoms with E-state index < -0.39 is 0 Å². The van der Waals surface area contributed by atoms with Crippen molar-refractivity contribution in [1.29, 1.82) is 0 Å². The van der Waals surface area contributed by atoms with Crippen LogP contribution < -0.4 is 0 Å². The lowest BCUT2D eigenvalue weighted by atomic mass is 10.5. The summed E-state index contributed by atoms with van der Waals surface area (Å²) in [5.41, 5.74) is 0. The summed E-state index contributed by atoms with van der Waals surface area (Å²) in [4.78, 5) is 0. The van der Waals surface area contributed by atoms with Crippen molar-refractivity contribution >= 4 is 0 Å². The lowest BCUT2D eigenvalue weighted by Crippen LogP contribution is -1.36. The highest BCUT2D eigenvalue weighted by Gasteiger charge is 1.45. The summed E-state index contributed by atoms with van der Waals surface area (Å²) in [6.07, 6.45) is 6.46. The van der Waals surface area contributed by atoms with Gasteiger partial charge in [-0.25, -0.2) is 0 Å². The van der Waals surface area contributed by atoms with Crippen LogP contribution in [0.4, 0.5) is 0 Å². The molecule has 0 bridgehead atoms. The smallest absolute Gasteiger partial charge is 0.0382 e. The second-order valence-corrected chi connectivity index (χ2v) is 1.51. The lowest BCUT2D eigenvalue weighted by Gasteiger charge is -1.57. The summed E-state index contributed by atoms with van der Waals surface area (Å²) in [7, 11) is 0. The summed E-state index contributed by atoms with van der Waals surface area (Å²) in [6, 6.07) is 0. The van der Waals surface area contributed by atoms with Crippen LogP contribution in [0.15, 0.2) is 38.0 Å². The second-order valence-electron chi connectivity index (χ2n) is 1.51. The van der Waals surface area contributed by atoms with Gasteiger partial charge in [0, 0.05) is 0 Å². The molecule has 0 nitrogen and oxygen atoms in total. The Morgan fingerprint density at radius 2 is 0.750 bits per heavy atom. The minimum absolute atomic E-state index is 1.08. The van der Waals surface area contributed by atoms with E-state index in [0.717, 1.165) is 6.42 Å². The molecular weight excluding hydrogens is 192 g/mol. The molecule has 16 heavy (non-hydrogen) atoms. The minimum Gasteiger partial charge on any atom is -0.103 e. The van der Waals surface area contributed by atoms with E-state index in [1.54, 1.807) is 12.2 Å². The van der Waals surface area contributed by atoms with Crippen LogP contribution >= 0.6 is 0 Å². The monoisotopic (exact) mass is 230 g/mol. The van der Waals surface area contributed by atoms with Gasteiger partial charge in [0.05, 0.1) is 0 Å². The van der Waals surface area contributed by atoms with E-state index >= 15 is 0 Å². The Hall–Kier alpha value is -0.780. The highest BCUT2D eigenvalue weighted by molar-refractivity contribution is 4.60. The number of hydrogen-bond acceptors (Lipinski definition) is 0. The van der Waals surface area contributed by atoms with Crippen LogP contribution in [0.25, 0.3) is 0 Å². The maximum Gasteiger partial charge on any atom is -0.0382 e. The molecule has 0 aromatic heterocycles. The highest BCUT2D eigenvalue weighted by Crippen LogP contribution is 1.66. The van der Waals surface area contributed by atoms with E-state index in [9.17, 15) is 0 Å². The molecule has 0 N–H and O–H groups in total. The Bertz CT molecular complexity index is 54.4. The summed E-state index contributed by atoms with van der Waals surface area (Å²) in [5, 5.41) is 0. The van der Waals surface area contributed by atoms with E-state index in [-0.39, 0.29) is 0 Å². The molecule has 0 aromatic rings. The fourth-order valence-corrected chi connectivity index (χ4v) is 0. The molecule has 0 saturated carbocycles. The molecule has 102 valence electrons. The quantitative estimate of drug-likeness (QED) is 0.423. The third-order valence-electron chi connectivity index (χ3n) is 0.289. The molecule has 0 aliphatic heterocycles. The van der Waals surface area contributed by atoms with Crippen molar-refractivity contribution in [3.63, 3.8) is 0 Å². The average Bonchev–Trinajstić information content (AvgIpc) is 2.38. The zero-order valence-electron chi connectivity index (χ0n) is 13.6. The molecule has 0 amide bonds. The first-order valence-electron chi connectivity index (χ1n) is 6.49. The molecule has 0 heterocycles. The van der Waals surface area contributed by atoms with E-state index in [1.165, 1.54) is 0 Å². The van der Waals surface area contributed by atoms with Crippen molar-refractivity contribution in [2.75, 3.05) is 0 Å². The average molecular weight is 230 g/mol. The van der Waals surface area contributed by atoms with Crippen molar-refractivity contribution in [3.8, 4) is 0 Å². The van der Waals surface area contributed by atoms with Crippen LogP contribution in [0.1, 0.15) is 68.7 Å². The SMILES string of the molecule is C=CC.C=CC.C=CCC.CC.CC.CC.